The summed E-state index contributed by atoms with van der Waals surface area (Å²) < 4.78 is 0. The largest absolute Gasteiger partial charge is 0.480 e. The van der Waals surface area contributed by atoms with Gasteiger partial charge in [0.05, 0.1) is 0 Å². The van der Waals surface area contributed by atoms with Crippen LogP contribution in [0.25, 0.3) is 0 Å². The predicted molar refractivity (Wildman–Crippen MR) is 78.4 cm³/mol. The van der Waals surface area contributed by atoms with Crippen molar-refractivity contribution in [2.75, 3.05) is 20.1 Å². The predicted octanol–water partition coefficient (Wildman–Crippen LogP) is 2.34. The molecule has 0 aliphatic heterocycles. The number of likely N-dealkylation sites (N-methyl/N-ethyl adjacent to an activating group) is 1. The molecule has 1 fully saturated rings. The first kappa shape index (κ1) is 16.4. The third kappa shape index (κ3) is 4.77. The van der Waals surface area contributed by atoms with Crippen LogP contribution in [0.4, 0.5) is 0 Å². The third-order valence-corrected chi connectivity index (χ3v) is 4.36. The van der Waals surface area contributed by atoms with E-state index in [4.69, 9.17) is 0 Å². The van der Waals surface area contributed by atoms with Crippen molar-refractivity contribution in [2.45, 2.75) is 64.5 Å². The van der Waals surface area contributed by atoms with Gasteiger partial charge in [0.1, 0.15) is 5.54 Å². The summed E-state index contributed by atoms with van der Waals surface area (Å²) in [5.74, 6) is -0.128. The van der Waals surface area contributed by atoms with Gasteiger partial charge in [0.25, 0.3) is 0 Å². The van der Waals surface area contributed by atoms with Gasteiger partial charge < -0.3 is 15.3 Å². The summed E-state index contributed by atoms with van der Waals surface area (Å²) >= 11 is 0. The number of nitrogens with one attached hydrogen (secondary N) is 1. The standard InChI is InChI=1S/C15H30N2O2/c1-12(2)11-17(13-7-5-6-8-13)10-9-15(3,16-4)14(18)19/h12-13,16H,5-11H2,1-4H3,(H,18,19). The fourth-order valence-corrected chi connectivity index (χ4v) is 2.87. The van der Waals surface area contributed by atoms with Gasteiger partial charge in [-0.1, -0.05) is 26.7 Å². The smallest absolute Gasteiger partial charge is 0.323 e. The summed E-state index contributed by atoms with van der Waals surface area (Å²) in [5, 5.41) is 12.3. The highest BCUT2D eigenvalue weighted by molar-refractivity contribution is 5.78. The van der Waals surface area contributed by atoms with Crippen LogP contribution >= 0.6 is 0 Å². The summed E-state index contributed by atoms with van der Waals surface area (Å²) in [5.41, 5.74) is -0.812. The van der Waals surface area contributed by atoms with E-state index in [-0.39, 0.29) is 0 Å². The lowest BCUT2D eigenvalue weighted by Crippen LogP contribution is -2.50. The van der Waals surface area contributed by atoms with Gasteiger partial charge in [-0.05, 0) is 39.2 Å². The van der Waals surface area contributed by atoms with Gasteiger partial charge in [-0.25, -0.2) is 0 Å². The molecule has 1 atom stereocenters. The SMILES string of the molecule is CNC(C)(CCN(CC(C)C)C1CCCC1)C(=O)O. The van der Waals surface area contributed by atoms with E-state index in [0.717, 1.165) is 13.1 Å². The van der Waals surface area contributed by atoms with Crippen molar-refractivity contribution in [3.05, 3.63) is 0 Å². The summed E-state index contributed by atoms with van der Waals surface area (Å²) in [6.45, 7) is 8.18. The number of carboxylic acids is 1. The van der Waals surface area contributed by atoms with E-state index in [2.05, 4.69) is 24.1 Å². The molecule has 1 unspecified atom stereocenters. The normalized spacial score (nSPS) is 20.1. The zero-order valence-corrected chi connectivity index (χ0v) is 12.9. The number of rotatable bonds is 8. The molecule has 0 heterocycles. The maximum absolute atomic E-state index is 11.3. The van der Waals surface area contributed by atoms with Crippen molar-refractivity contribution in [1.82, 2.24) is 10.2 Å². The van der Waals surface area contributed by atoms with E-state index in [1.807, 2.05) is 0 Å². The Labute approximate surface area is 117 Å². The monoisotopic (exact) mass is 270 g/mol. The molecular weight excluding hydrogens is 240 g/mol. The maximum atomic E-state index is 11.3. The van der Waals surface area contributed by atoms with E-state index in [9.17, 15) is 9.90 Å². The van der Waals surface area contributed by atoms with Gasteiger partial charge in [-0.2, -0.15) is 0 Å². The van der Waals surface area contributed by atoms with E-state index in [0.29, 0.717) is 18.4 Å². The zero-order chi connectivity index (χ0) is 14.5. The maximum Gasteiger partial charge on any atom is 0.323 e. The second-order valence-corrected chi connectivity index (χ2v) is 6.46. The molecule has 4 nitrogen and oxygen atoms in total. The molecule has 112 valence electrons. The first-order valence-corrected chi connectivity index (χ1v) is 7.55. The number of hydrogen-bond acceptors (Lipinski definition) is 3. The molecular formula is C15H30N2O2. The van der Waals surface area contributed by atoms with Crippen LogP contribution in [0.5, 0.6) is 0 Å². The van der Waals surface area contributed by atoms with Crippen molar-refractivity contribution in [3.63, 3.8) is 0 Å². The van der Waals surface area contributed by atoms with Crippen molar-refractivity contribution < 1.29 is 9.90 Å². The summed E-state index contributed by atoms with van der Waals surface area (Å²) in [6, 6.07) is 0.664. The van der Waals surface area contributed by atoms with Crippen LogP contribution in [0, 0.1) is 5.92 Å². The van der Waals surface area contributed by atoms with Crippen LogP contribution in [0.2, 0.25) is 0 Å². The average molecular weight is 270 g/mol. The fraction of sp³-hybridized carbons (Fsp3) is 0.933. The minimum absolute atomic E-state index is 0.631. The zero-order valence-electron chi connectivity index (χ0n) is 12.9. The quantitative estimate of drug-likeness (QED) is 0.711. The van der Waals surface area contributed by atoms with E-state index in [1.54, 1.807) is 14.0 Å². The summed E-state index contributed by atoms with van der Waals surface area (Å²) in [7, 11) is 1.73. The lowest BCUT2D eigenvalue weighted by molar-refractivity contribution is -0.144. The van der Waals surface area contributed by atoms with Crippen molar-refractivity contribution in [2.24, 2.45) is 5.92 Å². The molecule has 0 spiro atoms. The van der Waals surface area contributed by atoms with Crippen LogP contribution in [0.15, 0.2) is 0 Å². The number of carboxylic acid groups (broad SMARTS) is 1. The number of carbonyl (C=O) groups is 1. The van der Waals surface area contributed by atoms with Gasteiger partial charge in [0.15, 0.2) is 0 Å². The number of hydrogen-bond donors (Lipinski definition) is 2. The Morgan fingerprint density at radius 1 is 1.42 bits per heavy atom. The summed E-state index contributed by atoms with van der Waals surface area (Å²) in [6.07, 6.45) is 5.84. The molecule has 1 aliphatic carbocycles. The van der Waals surface area contributed by atoms with Gasteiger partial charge in [0.2, 0.25) is 0 Å². The number of nitrogens with zero attached hydrogens (tertiary/aromatic N) is 1. The molecule has 1 saturated carbocycles. The van der Waals surface area contributed by atoms with Crippen molar-refractivity contribution in [3.8, 4) is 0 Å². The van der Waals surface area contributed by atoms with E-state index < -0.39 is 11.5 Å². The molecule has 1 rings (SSSR count). The highest BCUT2D eigenvalue weighted by atomic mass is 16.4. The Bertz CT molecular complexity index is 288. The van der Waals surface area contributed by atoms with Crippen LogP contribution in [-0.4, -0.2) is 47.7 Å². The fourth-order valence-electron chi connectivity index (χ4n) is 2.87. The van der Waals surface area contributed by atoms with Crippen molar-refractivity contribution >= 4 is 5.97 Å². The first-order valence-electron chi connectivity index (χ1n) is 7.55. The second kappa shape index (κ2) is 7.25. The van der Waals surface area contributed by atoms with E-state index >= 15 is 0 Å². The van der Waals surface area contributed by atoms with Crippen LogP contribution in [0.3, 0.4) is 0 Å². The highest BCUT2D eigenvalue weighted by Crippen LogP contribution is 2.25. The molecule has 0 aromatic heterocycles. The average Bonchev–Trinajstić information content (AvgIpc) is 2.87. The first-order chi connectivity index (χ1) is 8.89. The molecule has 1 aliphatic rings. The lowest BCUT2D eigenvalue weighted by atomic mass is 9.97. The molecule has 0 saturated heterocycles. The Balaban J connectivity index is 2.59. The van der Waals surface area contributed by atoms with Gasteiger partial charge in [-0.15, -0.1) is 0 Å². The van der Waals surface area contributed by atoms with E-state index in [1.165, 1.54) is 25.7 Å². The minimum atomic E-state index is -0.812. The van der Waals surface area contributed by atoms with Gasteiger partial charge in [-0.3, -0.25) is 4.79 Å². The second-order valence-electron chi connectivity index (χ2n) is 6.46. The Hall–Kier alpha value is -0.610. The molecule has 4 heteroatoms. The molecule has 0 aromatic carbocycles. The Kier molecular flexibility index (Phi) is 6.27. The van der Waals surface area contributed by atoms with Crippen LogP contribution in [-0.2, 0) is 4.79 Å². The molecule has 0 amide bonds. The molecule has 0 bridgehead atoms. The van der Waals surface area contributed by atoms with Gasteiger partial charge >= 0.3 is 5.97 Å². The molecule has 0 radical (unpaired) electrons. The van der Waals surface area contributed by atoms with Crippen LogP contribution < -0.4 is 5.32 Å². The highest BCUT2D eigenvalue weighted by Gasteiger charge is 2.32. The van der Waals surface area contributed by atoms with Crippen molar-refractivity contribution in [1.29, 1.82) is 0 Å². The topological polar surface area (TPSA) is 52.6 Å². The number of aliphatic carboxylic acids is 1. The van der Waals surface area contributed by atoms with Gasteiger partial charge in [0, 0.05) is 19.1 Å². The summed E-state index contributed by atoms with van der Waals surface area (Å²) in [4.78, 5) is 13.8. The molecule has 19 heavy (non-hydrogen) atoms. The van der Waals surface area contributed by atoms with Crippen LogP contribution in [0.1, 0.15) is 52.9 Å². The molecule has 2 N–H and O–H groups in total. The Morgan fingerprint density at radius 3 is 2.42 bits per heavy atom. The molecule has 0 aromatic rings. The minimum Gasteiger partial charge on any atom is -0.480 e. The third-order valence-electron chi connectivity index (χ3n) is 4.36. The lowest BCUT2D eigenvalue weighted by Gasteiger charge is -2.33. The Morgan fingerprint density at radius 2 is 2.00 bits per heavy atom.